The van der Waals surface area contributed by atoms with Crippen LogP contribution in [-0.2, 0) is 0 Å². The Hall–Kier alpha value is -0.820. The fourth-order valence-electron chi connectivity index (χ4n) is 0.908. The Bertz CT molecular complexity index is 183. The van der Waals surface area contributed by atoms with E-state index in [1.54, 1.807) is 7.05 Å². The topological polar surface area (TPSA) is 39.1 Å². The van der Waals surface area contributed by atoms with Gasteiger partial charge >= 0.3 is 0 Å². The Balaban J connectivity index is 4.06. The second-order valence-electron chi connectivity index (χ2n) is 2.75. The van der Waals surface area contributed by atoms with Gasteiger partial charge in [-0.15, -0.1) is 0 Å². The van der Waals surface area contributed by atoms with E-state index in [-0.39, 0.29) is 0 Å². The minimum Gasteiger partial charge on any atom is -0.366 e. The highest BCUT2D eigenvalue weighted by atomic mass is 32.1. The second kappa shape index (κ2) is 5.78. The second-order valence-corrected chi connectivity index (χ2v) is 3.14. The van der Waals surface area contributed by atoms with E-state index < -0.39 is 0 Å². The molecule has 0 saturated heterocycles. The molecule has 0 unspecified atom stereocenters. The number of hydrogen-bond acceptors (Lipinski definition) is 2. The zero-order chi connectivity index (χ0) is 9.56. The number of nitrogens with one attached hydrogen (secondary N) is 1. The standard InChI is InChI=1S/C8H15N3S/c1-7(2)11(6-4-5-9)8(12)10-3/h7H,4,6H2,1-3H3,(H,10,12). The summed E-state index contributed by atoms with van der Waals surface area (Å²) in [6.07, 6.45) is 0.514. The van der Waals surface area contributed by atoms with Crippen molar-refractivity contribution in [3.05, 3.63) is 0 Å². The normalized spacial score (nSPS) is 9.25. The maximum atomic E-state index is 8.41. The van der Waals surface area contributed by atoms with Crippen molar-refractivity contribution >= 4 is 17.3 Å². The van der Waals surface area contributed by atoms with Gasteiger partial charge < -0.3 is 10.2 Å². The van der Waals surface area contributed by atoms with Crippen LogP contribution < -0.4 is 5.32 Å². The Morgan fingerprint density at radius 2 is 2.25 bits per heavy atom. The summed E-state index contributed by atoms with van der Waals surface area (Å²) in [5, 5.41) is 12.0. The van der Waals surface area contributed by atoms with Gasteiger partial charge in [0, 0.05) is 19.6 Å². The zero-order valence-corrected chi connectivity index (χ0v) is 8.61. The van der Waals surface area contributed by atoms with Crippen molar-refractivity contribution in [2.45, 2.75) is 26.3 Å². The molecule has 0 aliphatic rings. The first-order chi connectivity index (χ1) is 5.63. The fourth-order valence-corrected chi connectivity index (χ4v) is 1.21. The van der Waals surface area contributed by atoms with E-state index >= 15 is 0 Å². The van der Waals surface area contributed by atoms with Gasteiger partial charge in [0.1, 0.15) is 0 Å². The highest BCUT2D eigenvalue weighted by Gasteiger charge is 2.10. The van der Waals surface area contributed by atoms with Crippen LogP contribution in [0.25, 0.3) is 0 Å². The molecular weight excluding hydrogens is 170 g/mol. The van der Waals surface area contributed by atoms with E-state index in [2.05, 4.69) is 25.2 Å². The minimum absolute atomic E-state index is 0.346. The van der Waals surface area contributed by atoms with Gasteiger partial charge in [0.05, 0.1) is 12.5 Å². The molecule has 0 saturated carbocycles. The minimum atomic E-state index is 0.346. The molecule has 0 aliphatic carbocycles. The van der Waals surface area contributed by atoms with Crippen molar-refractivity contribution < 1.29 is 0 Å². The van der Waals surface area contributed by atoms with Gasteiger partial charge in [-0.2, -0.15) is 5.26 Å². The van der Waals surface area contributed by atoms with Gasteiger partial charge in [0.15, 0.2) is 5.11 Å². The van der Waals surface area contributed by atoms with Crippen molar-refractivity contribution in [1.82, 2.24) is 10.2 Å². The van der Waals surface area contributed by atoms with Crippen LogP contribution in [0.15, 0.2) is 0 Å². The maximum Gasteiger partial charge on any atom is 0.168 e. The molecule has 0 aromatic carbocycles. The highest BCUT2D eigenvalue weighted by molar-refractivity contribution is 7.80. The van der Waals surface area contributed by atoms with Crippen LogP contribution in [0.3, 0.4) is 0 Å². The van der Waals surface area contributed by atoms with Crippen LogP contribution in [0.5, 0.6) is 0 Å². The summed E-state index contributed by atoms with van der Waals surface area (Å²) in [6, 6.07) is 2.45. The molecule has 3 nitrogen and oxygen atoms in total. The van der Waals surface area contributed by atoms with Gasteiger partial charge in [0.2, 0.25) is 0 Å². The average Bonchev–Trinajstić information content (AvgIpc) is 2.04. The first-order valence-corrected chi connectivity index (χ1v) is 4.39. The zero-order valence-electron chi connectivity index (χ0n) is 7.79. The molecule has 0 fully saturated rings. The number of hydrogen-bond donors (Lipinski definition) is 1. The van der Waals surface area contributed by atoms with Crippen LogP contribution >= 0.6 is 12.2 Å². The van der Waals surface area contributed by atoms with E-state index in [4.69, 9.17) is 17.5 Å². The molecule has 12 heavy (non-hydrogen) atoms. The highest BCUT2D eigenvalue weighted by Crippen LogP contribution is 1.99. The van der Waals surface area contributed by atoms with Crippen LogP contribution in [0.1, 0.15) is 20.3 Å². The largest absolute Gasteiger partial charge is 0.366 e. The summed E-state index contributed by atoms with van der Waals surface area (Å²) in [5.74, 6) is 0. The molecule has 0 heterocycles. The summed E-state index contributed by atoms with van der Waals surface area (Å²) in [7, 11) is 1.80. The number of nitrogens with zero attached hydrogens (tertiary/aromatic N) is 2. The van der Waals surface area contributed by atoms with Crippen LogP contribution in [-0.4, -0.2) is 29.6 Å². The molecule has 0 bridgehead atoms. The molecule has 0 radical (unpaired) electrons. The first-order valence-electron chi connectivity index (χ1n) is 3.98. The average molecular weight is 185 g/mol. The molecular formula is C8H15N3S. The third-order valence-electron chi connectivity index (χ3n) is 1.56. The Morgan fingerprint density at radius 3 is 2.58 bits per heavy atom. The Labute approximate surface area is 79.4 Å². The lowest BCUT2D eigenvalue weighted by Crippen LogP contribution is -2.42. The lowest BCUT2D eigenvalue weighted by atomic mass is 10.3. The Morgan fingerprint density at radius 1 is 1.67 bits per heavy atom. The van der Waals surface area contributed by atoms with Crippen molar-refractivity contribution in [3.8, 4) is 6.07 Å². The monoisotopic (exact) mass is 185 g/mol. The fraction of sp³-hybridized carbons (Fsp3) is 0.750. The van der Waals surface area contributed by atoms with Gasteiger partial charge in [-0.05, 0) is 26.1 Å². The Kier molecular flexibility index (Phi) is 5.39. The summed E-state index contributed by atoms with van der Waals surface area (Å²) < 4.78 is 0. The number of nitriles is 1. The van der Waals surface area contributed by atoms with Crippen LogP contribution in [0, 0.1) is 11.3 Å². The third-order valence-corrected chi connectivity index (χ3v) is 2.00. The first kappa shape index (κ1) is 11.2. The van der Waals surface area contributed by atoms with Gasteiger partial charge in [-0.3, -0.25) is 0 Å². The van der Waals surface area contributed by atoms with Crippen LogP contribution in [0.2, 0.25) is 0 Å². The van der Waals surface area contributed by atoms with E-state index in [1.807, 2.05) is 4.90 Å². The summed E-state index contributed by atoms with van der Waals surface area (Å²) >= 11 is 5.07. The van der Waals surface area contributed by atoms with Crippen molar-refractivity contribution in [2.75, 3.05) is 13.6 Å². The molecule has 0 aromatic rings. The smallest absolute Gasteiger partial charge is 0.168 e. The molecule has 68 valence electrons. The van der Waals surface area contributed by atoms with Crippen molar-refractivity contribution in [1.29, 1.82) is 5.26 Å². The molecule has 1 N–H and O–H groups in total. The van der Waals surface area contributed by atoms with Crippen LogP contribution in [0.4, 0.5) is 0 Å². The molecule has 4 heteroatoms. The van der Waals surface area contributed by atoms with Crippen molar-refractivity contribution in [2.24, 2.45) is 0 Å². The predicted octanol–water partition coefficient (Wildman–Crippen LogP) is 1.11. The maximum absolute atomic E-state index is 8.41. The van der Waals surface area contributed by atoms with Crippen molar-refractivity contribution in [3.63, 3.8) is 0 Å². The van der Waals surface area contributed by atoms with Gasteiger partial charge in [-0.1, -0.05) is 0 Å². The lowest BCUT2D eigenvalue weighted by molar-refractivity contribution is 0.354. The summed E-state index contributed by atoms with van der Waals surface area (Å²) in [4.78, 5) is 2.00. The predicted molar refractivity (Wildman–Crippen MR) is 53.7 cm³/mol. The molecule has 0 rings (SSSR count). The number of rotatable bonds is 3. The molecule has 0 amide bonds. The number of thiocarbonyl (C=S) groups is 1. The quantitative estimate of drug-likeness (QED) is 0.669. The van der Waals surface area contributed by atoms with E-state index in [9.17, 15) is 0 Å². The van der Waals surface area contributed by atoms with E-state index in [1.165, 1.54) is 0 Å². The summed E-state index contributed by atoms with van der Waals surface area (Å²) in [6.45, 7) is 4.82. The molecule has 0 spiro atoms. The van der Waals surface area contributed by atoms with E-state index in [0.29, 0.717) is 24.1 Å². The third kappa shape index (κ3) is 3.54. The SMILES string of the molecule is CNC(=S)N(CCC#N)C(C)C. The summed E-state index contributed by atoms with van der Waals surface area (Å²) in [5.41, 5.74) is 0. The van der Waals surface area contributed by atoms with Gasteiger partial charge in [0.25, 0.3) is 0 Å². The molecule has 0 aliphatic heterocycles. The lowest BCUT2D eigenvalue weighted by Gasteiger charge is -2.27. The molecule has 0 atom stereocenters. The van der Waals surface area contributed by atoms with Gasteiger partial charge in [-0.25, -0.2) is 0 Å². The van der Waals surface area contributed by atoms with E-state index in [0.717, 1.165) is 0 Å². The molecule has 0 aromatic heterocycles.